The zero-order chi connectivity index (χ0) is 13.1. The summed E-state index contributed by atoms with van der Waals surface area (Å²) in [6, 6.07) is 5.37. The summed E-state index contributed by atoms with van der Waals surface area (Å²) in [5.74, 6) is 1.02. The number of halogens is 1. The summed E-state index contributed by atoms with van der Waals surface area (Å²) in [5, 5.41) is 0.484. The van der Waals surface area contributed by atoms with Gasteiger partial charge in [-0.25, -0.2) is 4.98 Å². The first-order valence-electron chi connectivity index (χ1n) is 5.65. The Morgan fingerprint density at radius 1 is 1.39 bits per heavy atom. The van der Waals surface area contributed by atoms with Gasteiger partial charge in [0.05, 0.1) is 16.4 Å². The molecule has 0 atom stereocenters. The first-order valence-corrected chi connectivity index (χ1v) is 6.03. The number of aryl methyl sites for hydroxylation is 2. The van der Waals surface area contributed by atoms with Crippen LogP contribution in [0.4, 0.5) is 5.69 Å². The number of ether oxygens (including phenoxy) is 1. The monoisotopic (exact) mass is 263 g/mol. The second-order valence-electron chi connectivity index (χ2n) is 3.90. The normalized spacial score (nSPS) is 10.4. The van der Waals surface area contributed by atoms with Gasteiger partial charge >= 0.3 is 0 Å². The van der Waals surface area contributed by atoms with Gasteiger partial charge in [0, 0.05) is 11.9 Å². The number of hydrogen-bond acceptors (Lipinski definition) is 4. The van der Waals surface area contributed by atoms with Crippen molar-refractivity contribution in [2.45, 2.75) is 20.3 Å². The van der Waals surface area contributed by atoms with Crippen LogP contribution in [0, 0.1) is 6.92 Å². The van der Waals surface area contributed by atoms with Gasteiger partial charge in [0.15, 0.2) is 5.75 Å². The topological polar surface area (TPSA) is 61.0 Å². The minimum absolute atomic E-state index is 0.347. The van der Waals surface area contributed by atoms with Crippen LogP contribution >= 0.6 is 11.6 Å². The Balaban J connectivity index is 2.33. The highest BCUT2D eigenvalue weighted by molar-refractivity contribution is 6.30. The lowest BCUT2D eigenvalue weighted by Crippen LogP contribution is -1.99. The maximum atomic E-state index is 5.80. The van der Waals surface area contributed by atoms with E-state index in [0.717, 1.165) is 17.8 Å². The summed E-state index contributed by atoms with van der Waals surface area (Å²) in [4.78, 5) is 8.48. The summed E-state index contributed by atoms with van der Waals surface area (Å²) < 4.78 is 5.68. The number of pyridine rings is 2. The highest BCUT2D eigenvalue weighted by Gasteiger charge is 2.09. The molecule has 2 aromatic heterocycles. The third kappa shape index (κ3) is 2.71. The summed E-state index contributed by atoms with van der Waals surface area (Å²) in [6.45, 7) is 3.96. The van der Waals surface area contributed by atoms with Crippen LogP contribution in [0.3, 0.4) is 0 Å². The zero-order valence-electron chi connectivity index (χ0n) is 10.3. The van der Waals surface area contributed by atoms with Crippen molar-refractivity contribution in [2.75, 3.05) is 5.73 Å². The second kappa shape index (κ2) is 5.23. The summed E-state index contributed by atoms with van der Waals surface area (Å²) in [6.07, 6.45) is 2.28. The standard InChI is InChI=1S/C13H14ClN3O/c1-3-11-12(5-4-8(2)17-11)18-13-10(15)6-9(14)7-16-13/h4-7H,3,15H2,1-2H3. The summed E-state index contributed by atoms with van der Waals surface area (Å²) in [5.41, 5.74) is 8.04. The molecule has 0 saturated heterocycles. The van der Waals surface area contributed by atoms with Crippen LogP contribution in [0.5, 0.6) is 11.6 Å². The Bertz CT molecular complexity index is 572. The van der Waals surface area contributed by atoms with E-state index in [9.17, 15) is 0 Å². The molecule has 2 rings (SSSR count). The third-order valence-corrected chi connectivity index (χ3v) is 2.67. The lowest BCUT2D eigenvalue weighted by atomic mass is 10.2. The third-order valence-electron chi connectivity index (χ3n) is 2.46. The molecule has 2 aromatic rings. The quantitative estimate of drug-likeness (QED) is 0.922. The molecular weight excluding hydrogens is 250 g/mol. The van der Waals surface area contributed by atoms with E-state index in [4.69, 9.17) is 22.1 Å². The molecule has 4 nitrogen and oxygen atoms in total. The van der Waals surface area contributed by atoms with Gasteiger partial charge in [0.2, 0.25) is 5.88 Å². The Morgan fingerprint density at radius 2 is 2.17 bits per heavy atom. The first kappa shape index (κ1) is 12.6. The van der Waals surface area contributed by atoms with Gasteiger partial charge in [-0.2, -0.15) is 0 Å². The largest absolute Gasteiger partial charge is 0.435 e. The molecule has 5 heteroatoms. The molecule has 94 valence electrons. The van der Waals surface area contributed by atoms with E-state index < -0.39 is 0 Å². The van der Waals surface area contributed by atoms with E-state index in [2.05, 4.69) is 9.97 Å². The molecule has 18 heavy (non-hydrogen) atoms. The van der Waals surface area contributed by atoms with Gasteiger partial charge in [-0.1, -0.05) is 18.5 Å². The van der Waals surface area contributed by atoms with Crippen LogP contribution < -0.4 is 10.5 Å². The average molecular weight is 264 g/mol. The van der Waals surface area contributed by atoms with Gasteiger partial charge in [0.25, 0.3) is 0 Å². The molecule has 0 aromatic carbocycles. The van der Waals surface area contributed by atoms with Gasteiger partial charge in [-0.15, -0.1) is 0 Å². The van der Waals surface area contributed by atoms with E-state index in [0.29, 0.717) is 22.3 Å². The lowest BCUT2D eigenvalue weighted by molar-refractivity contribution is 0.456. The van der Waals surface area contributed by atoms with E-state index in [1.165, 1.54) is 6.20 Å². The number of rotatable bonds is 3. The van der Waals surface area contributed by atoms with E-state index in [-0.39, 0.29) is 0 Å². The smallest absolute Gasteiger partial charge is 0.242 e. The van der Waals surface area contributed by atoms with Crippen molar-refractivity contribution in [1.29, 1.82) is 0 Å². The van der Waals surface area contributed by atoms with Crippen molar-refractivity contribution in [3.63, 3.8) is 0 Å². The highest BCUT2D eigenvalue weighted by Crippen LogP contribution is 2.28. The fourth-order valence-electron chi connectivity index (χ4n) is 1.58. The van der Waals surface area contributed by atoms with Crippen LogP contribution in [0.1, 0.15) is 18.3 Å². The maximum absolute atomic E-state index is 5.80. The van der Waals surface area contributed by atoms with Gasteiger partial charge in [-0.05, 0) is 31.5 Å². The molecule has 0 aliphatic heterocycles. The predicted octanol–water partition coefficient (Wildman–Crippen LogP) is 3.38. The number of nitrogens with two attached hydrogens (primary N) is 1. The fraction of sp³-hybridized carbons (Fsp3) is 0.231. The van der Waals surface area contributed by atoms with Crippen molar-refractivity contribution in [1.82, 2.24) is 9.97 Å². The Kier molecular flexibility index (Phi) is 3.67. The summed E-state index contributed by atoms with van der Waals surface area (Å²) in [7, 11) is 0. The molecular formula is C13H14ClN3O. The van der Waals surface area contributed by atoms with Crippen molar-refractivity contribution in [2.24, 2.45) is 0 Å². The fourth-order valence-corrected chi connectivity index (χ4v) is 1.74. The number of hydrogen-bond donors (Lipinski definition) is 1. The van der Waals surface area contributed by atoms with Crippen LogP contribution in [0.15, 0.2) is 24.4 Å². The predicted molar refractivity (Wildman–Crippen MR) is 72.1 cm³/mol. The molecule has 0 unspecified atom stereocenters. The van der Waals surface area contributed by atoms with Gasteiger partial charge < -0.3 is 10.5 Å². The minimum atomic E-state index is 0.347. The molecule has 0 bridgehead atoms. The Hall–Kier alpha value is -1.81. The molecule has 0 spiro atoms. The van der Waals surface area contributed by atoms with Crippen molar-refractivity contribution in [3.8, 4) is 11.6 Å². The van der Waals surface area contributed by atoms with Gasteiger partial charge in [-0.3, -0.25) is 4.98 Å². The number of aromatic nitrogens is 2. The Morgan fingerprint density at radius 3 is 2.83 bits per heavy atom. The number of anilines is 1. The molecule has 0 fully saturated rings. The molecule has 0 amide bonds. The minimum Gasteiger partial charge on any atom is -0.435 e. The van der Waals surface area contributed by atoms with Gasteiger partial charge in [0.1, 0.15) is 0 Å². The van der Waals surface area contributed by atoms with Crippen molar-refractivity contribution >= 4 is 17.3 Å². The van der Waals surface area contributed by atoms with E-state index >= 15 is 0 Å². The highest BCUT2D eigenvalue weighted by atomic mass is 35.5. The molecule has 0 aliphatic carbocycles. The molecule has 2 heterocycles. The van der Waals surface area contributed by atoms with Crippen molar-refractivity contribution < 1.29 is 4.74 Å². The SMILES string of the molecule is CCc1nc(C)ccc1Oc1ncc(Cl)cc1N. The zero-order valence-corrected chi connectivity index (χ0v) is 11.0. The molecule has 2 N–H and O–H groups in total. The van der Waals surface area contributed by atoms with Crippen LogP contribution in [0.2, 0.25) is 5.02 Å². The lowest BCUT2D eigenvalue weighted by Gasteiger charge is -2.10. The molecule has 0 aliphatic rings. The summed E-state index contributed by atoms with van der Waals surface area (Å²) >= 11 is 5.79. The number of nitrogen functional groups attached to an aromatic ring is 1. The number of nitrogens with zero attached hydrogens (tertiary/aromatic N) is 2. The second-order valence-corrected chi connectivity index (χ2v) is 4.34. The van der Waals surface area contributed by atoms with Crippen molar-refractivity contribution in [3.05, 3.63) is 40.8 Å². The van der Waals surface area contributed by atoms with E-state index in [1.807, 2.05) is 26.0 Å². The molecule has 0 saturated carbocycles. The average Bonchev–Trinajstić information content (AvgIpc) is 2.34. The maximum Gasteiger partial charge on any atom is 0.242 e. The first-order chi connectivity index (χ1) is 8.60. The van der Waals surface area contributed by atoms with Crippen LogP contribution in [0.25, 0.3) is 0 Å². The Labute approximate surface area is 111 Å². The van der Waals surface area contributed by atoms with E-state index in [1.54, 1.807) is 6.07 Å². The molecule has 0 radical (unpaired) electrons. The van der Waals surface area contributed by atoms with Crippen LogP contribution in [-0.2, 0) is 6.42 Å². The van der Waals surface area contributed by atoms with Crippen LogP contribution in [-0.4, -0.2) is 9.97 Å².